The summed E-state index contributed by atoms with van der Waals surface area (Å²) < 4.78 is 9.88. The molecule has 1 aromatic rings. The van der Waals surface area contributed by atoms with Crippen LogP contribution in [0.2, 0.25) is 0 Å². The third-order valence-corrected chi connectivity index (χ3v) is 2.08. The molecule has 0 saturated heterocycles. The largest absolute Gasteiger partial charge is 0.465 e. The smallest absolute Gasteiger partial charge is 0.310 e. The maximum absolute atomic E-state index is 11.4. The Bertz CT molecular complexity index is 322. The van der Waals surface area contributed by atoms with E-state index in [-0.39, 0.29) is 12.4 Å². The predicted octanol–water partition coefficient (Wildman–Crippen LogP) is 1.39. The molecule has 0 atom stereocenters. The highest BCUT2D eigenvalue weighted by molar-refractivity contribution is 5.72. The van der Waals surface area contributed by atoms with E-state index in [2.05, 4.69) is 0 Å². The number of anilines is 1. The first-order valence-electron chi connectivity index (χ1n) is 5.21. The van der Waals surface area contributed by atoms with Crippen molar-refractivity contribution in [1.82, 2.24) is 0 Å². The summed E-state index contributed by atoms with van der Waals surface area (Å²) in [6, 6.07) is 7.19. The molecule has 0 aromatic heterocycles. The summed E-state index contributed by atoms with van der Waals surface area (Å²) >= 11 is 0. The molecule has 4 nitrogen and oxygen atoms in total. The van der Waals surface area contributed by atoms with Crippen molar-refractivity contribution in [3.8, 4) is 0 Å². The molecule has 0 fully saturated rings. The van der Waals surface area contributed by atoms with Crippen LogP contribution < -0.4 is 5.73 Å². The summed E-state index contributed by atoms with van der Waals surface area (Å²) in [5, 5.41) is 0. The van der Waals surface area contributed by atoms with Crippen LogP contribution in [0.5, 0.6) is 0 Å². The highest BCUT2D eigenvalue weighted by Crippen LogP contribution is 2.06. The fourth-order valence-corrected chi connectivity index (χ4v) is 1.24. The summed E-state index contributed by atoms with van der Waals surface area (Å²) in [7, 11) is 1.62. The van der Waals surface area contributed by atoms with Gasteiger partial charge in [0.05, 0.1) is 13.0 Å². The van der Waals surface area contributed by atoms with Crippen LogP contribution in [0.15, 0.2) is 24.3 Å². The Balaban J connectivity index is 2.26. The molecule has 0 bridgehead atoms. The molecule has 16 heavy (non-hydrogen) atoms. The van der Waals surface area contributed by atoms with Crippen LogP contribution in [0.1, 0.15) is 12.0 Å². The third-order valence-electron chi connectivity index (χ3n) is 2.08. The van der Waals surface area contributed by atoms with Crippen molar-refractivity contribution in [3.05, 3.63) is 29.8 Å². The number of ether oxygens (including phenoxy) is 2. The zero-order valence-electron chi connectivity index (χ0n) is 9.44. The average molecular weight is 223 g/mol. The van der Waals surface area contributed by atoms with Crippen molar-refractivity contribution in [2.75, 3.05) is 26.1 Å². The lowest BCUT2D eigenvalue weighted by atomic mass is 10.1. The Morgan fingerprint density at radius 2 is 1.94 bits per heavy atom. The number of carbonyl (C=O) groups is 1. The molecule has 0 radical (unpaired) electrons. The van der Waals surface area contributed by atoms with Gasteiger partial charge in [-0.2, -0.15) is 0 Å². The molecule has 0 aliphatic rings. The van der Waals surface area contributed by atoms with Gasteiger partial charge in [-0.15, -0.1) is 0 Å². The summed E-state index contributed by atoms with van der Waals surface area (Å²) in [6.45, 7) is 1.01. The van der Waals surface area contributed by atoms with Gasteiger partial charge in [-0.05, 0) is 17.7 Å². The van der Waals surface area contributed by atoms with E-state index in [1.54, 1.807) is 19.2 Å². The monoisotopic (exact) mass is 223 g/mol. The Kier molecular flexibility index (Phi) is 5.36. The van der Waals surface area contributed by atoms with Gasteiger partial charge in [0.2, 0.25) is 0 Å². The van der Waals surface area contributed by atoms with Crippen molar-refractivity contribution >= 4 is 11.7 Å². The zero-order chi connectivity index (χ0) is 11.8. The maximum atomic E-state index is 11.4. The highest BCUT2D eigenvalue weighted by atomic mass is 16.5. The minimum Gasteiger partial charge on any atom is -0.465 e. The van der Waals surface area contributed by atoms with Gasteiger partial charge in [0.25, 0.3) is 0 Å². The molecule has 0 saturated carbocycles. The molecule has 0 heterocycles. The molecular formula is C12H17NO3. The van der Waals surface area contributed by atoms with Crippen LogP contribution in [0.4, 0.5) is 5.69 Å². The van der Waals surface area contributed by atoms with Crippen molar-refractivity contribution in [1.29, 1.82) is 0 Å². The third kappa shape index (κ3) is 4.79. The molecule has 88 valence electrons. The summed E-state index contributed by atoms with van der Waals surface area (Å²) in [4.78, 5) is 11.4. The molecule has 1 rings (SSSR count). The number of hydrogen-bond donors (Lipinski definition) is 1. The summed E-state index contributed by atoms with van der Waals surface area (Å²) in [5.41, 5.74) is 7.14. The molecule has 0 unspecified atom stereocenters. The Hall–Kier alpha value is -1.55. The Morgan fingerprint density at radius 1 is 1.25 bits per heavy atom. The van der Waals surface area contributed by atoms with E-state index in [9.17, 15) is 4.79 Å². The van der Waals surface area contributed by atoms with Crippen molar-refractivity contribution in [2.24, 2.45) is 0 Å². The fraction of sp³-hybridized carbons (Fsp3) is 0.417. The van der Waals surface area contributed by atoms with E-state index < -0.39 is 0 Å². The lowest BCUT2D eigenvalue weighted by molar-refractivity contribution is -0.143. The number of nitrogens with two attached hydrogens (primary N) is 1. The van der Waals surface area contributed by atoms with Gasteiger partial charge in [0.15, 0.2) is 0 Å². The topological polar surface area (TPSA) is 61.5 Å². The molecule has 1 aromatic carbocycles. The van der Waals surface area contributed by atoms with Crippen LogP contribution in [-0.2, 0) is 20.7 Å². The van der Waals surface area contributed by atoms with E-state index in [1.165, 1.54) is 0 Å². The second-order valence-electron chi connectivity index (χ2n) is 3.49. The lowest BCUT2D eigenvalue weighted by Gasteiger charge is -2.04. The normalized spacial score (nSPS) is 10.1. The van der Waals surface area contributed by atoms with Gasteiger partial charge in [-0.25, -0.2) is 0 Å². The van der Waals surface area contributed by atoms with Crippen molar-refractivity contribution in [3.63, 3.8) is 0 Å². The molecule has 0 spiro atoms. The van der Waals surface area contributed by atoms with Crippen LogP contribution in [-0.4, -0.2) is 26.3 Å². The number of nitrogen functional groups attached to an aromatic ring is 1. The van der Waals surface area contributed by atoms with Gasteiger partial charge in [-0.3, -0.25) is 4.79 Å². The Labute approximate surface area is 95.3 Å². The van der Waals surface area contributed by atoms with Crippen molar-refractivity contribution < 1.29 is 14.3 Å². The van der Waals surface area contributed by atoms with E-state index in [1.807, 2.05) is 12.1 Å². The van der Waals surface area contributed by atoms with Crippen LogP contribution in [0.3, 0.4) is 0 Å². The maximum Gasteiger partial charge on any atom is 0.310 e. The van der Waals surface area contributed by atoms with Crippen LogP contribution >= 0.6 is 0 Å². The van der Waals surface area contributed by atoms with E-state index in [0.717, 1.165) is 12.0 Å². The average Bonchev–Trinajstić information content (AvgIpc) is 2.28. The predicted molar refractivity (Wildman–Crippen MR) is 62.0 cm³/mol. The zero-order valence-corrected chi connectivity index (χ0v) is 9.44. The first kappa shape index (κ1) is 12.5. The second-order valence-corrected chi connectivity index (χ2v) is 3.49. The van der Waals surface area contributed by atoms with Gasteiger partial charge >= 0.3 is 5.97 Å². The number of hydrogen-bond acceptors (Lipinski definition) is 4. The number of methoxy groups -OCH3 is 1. The van der Waals surface area contributed by atoms with Gasteiger partial charge < -0.3 is 15.2 Å². The van der Waals surface area contributed by atoms with E-state index >= 15 is 0 Å². The number of esters is 1. The molecule has 4 heteroatoms. The van der Waals surface area contributed by atoms with Crippen LogP contribution in [0.25, 0.3) is 0 Å². The summed E-state index contributed by atoms with van der Waals surface area (Å²) in [5.74, 6) is -0.221. The van der Waals surface area contributed by atoms with Crippen LogP contribution in [0, 0.1) is 0 Å². The fourth-order valence-electron chi connectivity index (χ4n) is 1.24. The van der Waals surface area contributed by atoms with Crippen molar-refractivity contribution in [2.45, 2.75) is 12.8 Å². The number of carbonyl (C=O) groups excluding carboxylic acids is 1. The minimum absolute atomic E-state index is 0.221. The van der Waals surface area contributed by atoms with E-state index in [4.69, 9.17) is 15.2 Å². The number of benzene rings is 1. The number of rotatable bonds is 6. The lowest BCUT2D eigenvalue weighted by Crippen LogP contribution is -2.10. The minimum atomic E-state index is -0.221. The molecule has 2 N–H and O–H groups in total. The Morgan fingerprint density at radius 3 is 2.56 bits per heavy atom. The second kappa shape index (κ2) is 6.85. The molecular weight excluding hydrogens is 206 g/mol. The van der Waals surface area contributed by atoms with Gasteiger partial charge in [0.1, 0.15) is 0 Å². The standard InChI is InChI=1S/C12H17NO3/c1-15-7-2-8-16-12(14)9-10-3-5-11(13)6-4-10/h3-6H,2,7-9,13H2,1H3. The van der Waals surface area contributed by atoms with Gasteiger partial charge in [-0.1, -0.05) is 12.1 Å². The van der Waals surface area contributed by atoms with Gasteiger partial charge in [0, 0.05) is 25.8 Å². The molecule has 0 aliphatic carbocycles. The first-order chi connectivity index (χ1) is 7.72. The molecule has 0 aliphatic heterocycles. The first-order valence-corrected chi connectivity index (χ1v) is 5.21. The highest BCUT2D eigenvalue weighted by Gasteiger charge is 2.04. The SMILES string of the molecule is COCCCOC(=O)Cc1ccc(N)cc1. The summed E-state index contributed by atoms with van der Waals surface area (Å²) in [6.07, 6.45) is 1.01. The van der Waals surface area contributed by atoms with E-state index in [0.29, 0.717) is 18.9 Å². The molecule has 0 amide bonds. The quantitative estimate of drug-likeness (QED) is 0.450.